The molecule has 0 radical (unpaired) electrons. The number of hydrogen-bond acceptors (Lipinski definition) is 8. The van der Waals surface area contributed by atoms with Crippen LogP contribution in [-0.4, -0.2) is 37.3 Å². The lowest BCUT2D eigenvalue weighted by Gasteiger charge is -2.05. The maximum absolute atomic E-state index is 11.0. The quantitative estimate of drug-likeness (QED) is 0.239. The van der Waals surface area contributed by atoms with Crippen molar-refractivity contribution in [3.05, 3.63) is 45.1 Å². The Morgan fingerprint density at radius 2 is 2.15 bits per heavy atom. The molecule has 0 aliphatic carbocycles. The molecule has 2 heterocycles. The average Bonchev–Trinajstić information content (AvgIpc) is 3.22. The number of aryl methyl sites for hydroxylation is 2. The number of para-hydroxylation sites is 2. The molecule has 0 aliphatic rings. The van der Waals surface area contributed by atoms with Crippen molar-refractivity contribution in [3.63, 3.8) is 0 Å². The number of halogens is 1. The fourth-order valence-corrected chi connectivity index (χ4v) is 3.34. The Kier molecular flexibility index (Phi) is 5.97. The highest BCUT2D eigenvalue weighted by molar-refractivity contribution is 7.99. The minimum absolute atomic E-state index is 0.0693. The van der Waals surface area contributed by atoms with Crippen molar-refractivity contribution >= 4 is 29.1 Å². The van der Waals surface area contributed by atoms with Gasteiger partial charge in [-0.15, -0.1) is 10.2 Å². The predicted molar refractivity (Wildman–Crippen MR) is 100 cm³/mol. The van der Waals surface area contributed by atoms with Crippen molar-refractivity contribution in [2.75, 3.05) is 12.4 Å². The molecule has 3 rings (SSSR count). The molecular weight excluding hydrogens is 394 g/mol. The topological polar surface area (TPSA) is 109 Å². The zero-order chi connectivity index (χ0) is 19.4. The smallest absolute Gasteiger partial charge is 0.310 e. The second-order valence-corrected chi connectivity index (χ2v) is 6.81. The van der Waals surface area contributed by atoms with Gasteiger partial charge in [-0.2, -0.15) is 5.10 Å². The zero-order valence-corrected chi connectivity index (χ0v) is 16.2. The van der Waals surface area contributed by atoms with Crippen LogP contribution in [0.5, 0.6) is 5.75 Å². The highest BCUT2D eigenvalue weighted by Crippen LogP contribution is 2.31. The van der Waals surface area contributed by atoms with E-state index in [1.54, 1.807) is 29.9 Å². The van der Waals surface area contributed by atoms with Gasteiger partial charge in [0.05, 0.1) is 22.2 Å². The standard InChI is InChI=1S/C16H16ClN5O4S/c1-3-10-13(17)14(21(2)20-10)15-18-19-16(26-15)27-9-8-25-12-7-5-4-6-11(12)22(23)24/h4-7H,3,8-9H2,1-2H3. The Morgan fingerprint density at radius 3 is 2.85 bits per heavy atom. The van der Waals surface area contributed by atoms with Crippen LogP contribution in [0.2, 0.25) is 5.02 Å². The lowest BCUT2D eigenvalue weighted by Crippen LogP contribution is -2.02. The molecule has 0 saturated heterocycles. The second kappa shape index (κ2) is 8.40. The molecular formula is C16H16ClN5O4S. The van der Waals surface area contributed by atoms with Crippen molar-refractivity contribution in [1.29, 1.82) is 0 Å². The SMILES string of the molecule is CCc1nn(C)c(-c2nnc(SCCOc3ccccc3[N+](=O)[O-])o2)c1Cl. The number of rotatable bonds is 8. The van der Waals surface area contributed by atoms with Gasteiger partial charge in [-0.3, -0.25) is 14.8 Å². The summed E-state index contributed by atoms with van der Waals surface area (Å²) >= 11 is 7.60. The molecule has 9 nitrogen and oxygen atoms in total. The van der Waals surface area contributed by atoms with Crippen molar-refractivity contribution in [2.24, 2.45) is 7.05 Å². The van der Waals surface area contributed by atoms with Crippen molar-refractivity contribution < 1.29 is 14.1 Å². The molecule has 2 aromatic heterocycles. The molecule has 0 unspecified atom stereocenters. The molecule has 3 aromatic rings. The Hall–Kier alpha value is -2.59. The molecule has 0 bridgehead atoms. The normalized spacial score (nSPS) is 10.9. The Balaban J connectivity index is 1.60. The summed E-state index contributed by atoms with van der Waals surface area (Å²) in [5, 5.41) is 24.1. The Labute approximate surface area is 163 Å². The van der Waals surface area contributed by atoms with Crippen LogP contribution in [0.4, 0.5) is 5.69 Å². The van der Waals surface area contributed by atoms with E-state index in [1.165, 1.54) is 17.8 Å². The van der Waals surface area contributed by atoms with E-state index in [9.17, 15) is 10.1 Å². The summed E-state index contributed by atoms with van der Waals surface area (Å²) in [6, 6.07) is 6.23. The maximum Gasteiger partial charge on any atom is 0.310 e. The van der Waals surface area contributed by atoms with E-state index in [0.29, 0.717) is 28.1 Å². The zero-order valence-electron chi connectivity index (χ0n) is 14.6. The number of nitro groups is 1. The van der Waals surface area contributed by atoms with Gasteiger partial charge < -0.3 is 9.15 Å². The van der Waals surface area contributed by atoms with Gasteiger partial charge in [-0.25, -0.2) is 0 Å². The number of benzene rings is 1. The molecule has 0 spiro atoms. The van der Waals surface area contributed by atoms with Gasteiger partial charge in [0, 0.05) is 18.9 Å². The van der Waals surface area contributed by atoms with Gasteiger partial charge in [0.15, 0.2) is 5.75 Å². The molecule has 0 N–H and O–H groups in total. The van der Waals surface area contributed by atoms with E-state index in [2.05, 4.69) is 15.3 Å². The third-order valence-electron chi connectivity index (χ3n) is 3.63. The molecule has 1 aromatic carbocycles. The van der Waals surface area contributed by atoms with E-state index >= 15 is 0 Å². The number of nitrogens with zero attached hydrogens (tertiary/aromatic N) is 5. The molecule has 0 saturated carbocycles. The molecule has 11 heteroatoms. The Bertz CT molecular complexity index is 958. The van der Waals surface area contributed by atoms with E-state index in [4.69, 9.17) is 20.8 Å². The van der Waals surface area contributed by atoms with E-state index < -0.39 is 4.92 Å². The highest BCUT2D eigenvalue weighted by Gasteiger charge is 2.20. The molecule has 0 fully saturated rings. The highest BCUT2D eigenvalue weighted by atomic mass is 35.5. The van der Waals surface area contributed by atoms with Crippen LogP contribution in [0.25, 0.3) is 11.6 Å². The van der Waals surface area contributed by atoms with Crippen LogP contribution in [0, 0.1) is 10.1 Å². The van der Waals surface area contributed by atoms with Gasteiger partial charge >= 0.3 is 5.69 Å². The summed E-state index contributed by atoms with van der Waals surface area (Å²) < 4.78 is 12.7. The average molecular weight is 410 g/mol. The van der Waals surface area contributed by atoms with E-state index in [0.717, 1.165) is 5.69 Å². The van der Waals surface area contributed by atoms with Crippen LogP contribution >= 0.6 is 23.4 Å². The summed E-state index contributed by atoms with van der Waals surface area (Å²) in [5.41, 5.74) is 1.27. The van der Waals surface area contributed by atoms with Gasteiger partial charge in [0.25, 0.3) is 11.1 Å². The lowest BCUT2D eigenvalue weighted by atomic mass is 10.3. The summed E-state index contributed by atoms with van der Waals surface area (Å²) in [6.45, 7) is 2.21. The van der Waals surface area contributed by atoms with Gasteiger partial charge in [-0.1, -0.05) is 42.4 Å². The fraction of sp³-hybridized carbons (Fsp3) is 0.312. The van der Waals surface area contributed by atoms with Crippen molar-refractivity contribution in [3.8, 4) is 17.3 Å². The summed E-state index contributed by atoms with van der Waals surface area (Å²) in [7, 11) is 1.76. The van der Waals surface area contributed by atoms with E-state index in [1.807, 2.05) is 6.92 Å². The fourth-order valence-electron chi connectivity index (χ4n) is 2.39. The third-order valence-corrected chi connectivity index (χ3v) is 4.81. The van der Waals surface area contributed by atoms with Crippen molar-refractivity contribution in [1.82, 2.24) is 20.0 Å². The first kappa shape index (κ1) is 19.2. The van der Waals surface area contributed by atoms with Crippen LogP contribution in [0.15, 0.2) is 33.9 Å². The summed E-state index contributed by atoms with van der Waals surface area (Å²) in [4.78, 5) is 10.5. The van der Waals surface area contributed by atoms with E-state index in [-0.39, 0.29) is 23.9 Å². The maximum atomic E-state index is 11.0. The van der Waals surface area contributed by atoms with Gasteiger partial charge in [0.2, 0.25) is 0 Å². The first-order chi connectivity index (χ1) is 13.0. The molecule has 142 valence electrons. The number of thioether (sulfide) groups is 1. The molecule has 0 atom stereocenters. The van der Waals surface area contributed by atoms with Crippen LogP contribution in [0.3, 0.4) is 0 Å². The lowest BCUT2D eigenvalue weighted by molar-refractivity contribution is -0.385. The van der Waals surface area contributed by atoms with Crippen molar-refractivity contribution in [2.45, 2.75) is 18.6 Å². The summed E-state index contributed by atoms with van der Waals surface area (Å²) in [5.74, 6) is 0.993. The predicted octanol–water partition coefficient (Wildman–Crippen LogP) is 3.77. The second-order valence-electron chi connectivity index (χ2n) is 5.38. The third kappa shape index (κ3) is 4.22. The summed E-state index contributed by atoms with van der Waals surface area (Å²) in [6.07, 6.45) is 0.700. The van der Waals surface area contributed by atoms with Crippen LogP contribution < -0.4 is 4.74 Å². The first-order valence-electron chi connectivity index (χ1n) is 8.05. The largest absolute Gasteiger partial charge is 0.486 e. The minimum Gasteiger partial charge on any atom is -0.486 e. The monoisotopic (exact) mass is 409 g/mol. The molecule has 27 heavy (non-hydrogen) atoms. The number of hydrogen-bond donors (Lipinski definition) is 0. The number of ether oxygens (including phenoxy) is 1. The number of nitro benzene ring substituents is 1. The Morgan fingerprint density at radius 1 is 1.37 bits per heavy atom. The number of aromatic nitrogens is 4. The first-order valence-corrected chi connectivity index (χ1v) is 9.41. The minimum atomic E-state index is -0.477. The molecule has 0 aliphatic heterocycles. The van der Waals surface area contributed by atoms with Gasteiger partial charge in [-0.05, 0) is 12.5 Å². The van der Waals surface area contributed by atoms with Crippen LogP contribution in [0.1, 0.15) is 12.6 Å². The van der Waals surface area contributed by atoms with Gasteiger partial charge in [0.1, 0.15) is 5.69 Å². The molecule has 0 amide bonds. The van der Waals surface area contributed by atoms with Crippen LogP contribution in [-0.2, 0) is 13.5 Å².